The Hall–Kier alpha value is -0.790. The molecule has 1 N–H and O–H groups in total. The number of rotatable bonds is 4. The first-order valence-corrected chi connectivity index (χ1v) is 6.44. The average molecular weight is 223 g/mol. The largest absolute Gasteiger partial charge is 0.352 e. The van der Waals surface area contributed by atoms with E-state index in [-0.39, 0.29) is 11.8 Å². The maximum absolute atomic E-state index is 12.1. The average Bonchev–Trinajstić information content (AvgIpc) is 2.25. The molecule has 3 unspecified atom stereocenters. The second-order valence-corrected chi connectivity index (χ2v) is 5.47. The van der Waals surface area contributed by atoms with Gasteiger partial charge in [0, 0.05) is 12.5 Å². The van der Waals surface area contributed by atoms with Gasteiger partial charge in [-0.2, -0.15) is 0 Å². The summed E-state index contributed by atoms with van der Waals surface area (Å²) < 4.78 is 0. The van der Waals surface area contributed by atoms with Gasteiger partial charge in [-0.05, 0) is 30.6 Å². The number of hydrogen-bond donors (Lipinski definition) is 1. The van der Waals surface area contributed by atoms with Crippen LogP contribution in [-0.4, -0.2) is 12.5 Å². The Kier molecular flexibility index (Phi) is 5.04. The standard InChI is InChI=1S/C14H25NO/c1-5-8-15-14(16)13-9-11(4)6-7-12(13)10(2)3/h5,10-13H,1,6-9H2,2-4H3,(H,15,16). The summed E-state index contributed by atoms with van der Waals surface area (Å²) in [5.41, 5.74) is 0. The molecule has 2 heteroatoms. The van der Waals surface area contributed by atoms with Crippen LogP contribution in [0.4, 0.5) is 0 Å². The lowest BCUT2D eigenvalue weighted by Gasteiger charge is -2.36. The van der Waals surface area contributed by atoms with Crippen LogP contribution in [0.1, 0.15) is 40.0 Å². The normalized spacial score (nSPS) is 30.1. The minimum absolute atomic E-state index is 0.212. The first-order chi connectivity index (χ1) is 7.56. The molecule has 3 atom stereocenters. The minimum Gasteiger partial charge on any atom is -0.352 e. The number of nitrogens with one attached hydrogen (secondary N) is 1. The molecule has 92 valence electrons. The lowest BCUT2D eigenvalue weighted by molar-refractivity contribution is -0.129. The summed E-state index contributed by atoms with van der Waals surface area (Å²) in [6, 6.07) is 0. The summed E-state index contributed by atoms with van der Waals surface area (Å²) in [5, 5.41) is 2.95. The van der Waals surface area contributed by atoms with Crippen molar-refractivity contribution in [2.24, 2.45) is 23.7 Å². The van der Waals surface area contributed by atoms with Crippen molar-refractivity contribution in [1.29, 1.82) is 0 Å². The number of carbonyl (C=O) groups is 1. The molecule has 2 nitrogen and oxygen atoms in total. The summed E-state index contributed by atoms with van der Waals surface area (Å²) in [7, 11) is 0. The zero-order chi connectivity index (χ0) is 12.1. The summed E-state index contributed by atoms with van der Waals surface area (Å²) in [4.78, 5) is 12.1. The summed E-state index contributed by atoms with van der Waals surface area (Å²) in [5.74, 6) is 2.29. The maximum Gasteiger partial charge on any atom is 0.223 e. The van der Waals surface area contributed by atoms with Crippen LogP contribution in [0.2, 0.25) is 0 Å². The predicted molar refractivity (Wildman–Crippen MR) is 68.0 cm³/mol. The number of hydrogen-bond acceptors (Lipinski definition) is 1. The van der Waals surface area contributed by atoms with Crippen LogP contribution in [0.15, 0.2) is 12.7 Å². The van der Waals surface area contributed by atoms with E-state index in [0.717, 1.165) is 6.42 Å². The SMILES string of the molecule is C=CCNC(=O)C1CC(C)CCC1C(C)C. The summed E-state index contributed by atoms with van der Waals surface area (Å²) in [6.45, 7) is 10.9. The second kappa shape index (κ2) is 6.07. The van der Waals surface area contributed by atoms with Crippen molar-refractivity contribution in [3.63, 3.8) is 0 Å². The highest BCUT2D eigenvalue weighted by Gasteiger charge is 2.34. The van der Waals surface area contributed by atoms with Crippen LogP contribution in [0.3, 0.4) is 0 Å². The fraction of sp³-hybridized carbons (Fsp3) is 0.786. The van der Waals surface area contributed by atoms with Crippen molar-refractivity contribution in [1.82, 2.24) is 5.32 Å². The highest BCUT2D eigenvalue weighted by molar-refractivity contribution is 5.79. The molecule has 0 spiro atoms. The van der Waals surface area contributed by atoms with Gasteiger partial charge in [-0.25, -0.2) is 0 Å². The van der Waals surface area contributed by atoms with Crippen LogP contribution >= 0.6 is 0 Å². The van der Waals surface area contributed by atoms with Crippen molar-refractivity contribution < 1.29 is 4.79 Å². The van der Waals surface area contributed by atoms with Gasteiger partial charge < -0.3 is 5.32 Å². The Balaban J connectivity index is 2.63. The zero-order valence-electron chi connectivity index (χ0n) is 10.8. The Morgan fingerprint density at radius 3 is 2.75 bits per heavy atom. The number of carbonyl (C=O) groups excluding carboxylic acids is 1. The Morgan fingerprint density at radius 2 is 2.19 bits per heavy atom. The highest BCUT2D eigenvalue weighted by atomic mass is 16.1. The zero-order valence-corrected chi connectivity index (χ0v) is 10.8. The molecule has 1 aliphatic carbocycles. The molecule has 16 heavy (non-hydrogen) atoms. The molecular formula is C14H25NO. The molecule has 0 radical (unpaired) electrons. The predicted octanol–water partition coefficient (Wildman–Crippen LogP) is 3.00. The molecule has 1 saturated carbocycles. The molecule has 0 aromatic carbocycles. The van der Waals surface area contributed by atoms with Gasteiger partial charge in [-0.3, -0.25) is 4.79 Å². The lowest BCUT2D eigenvalue weighted by atomic mass is 9.70. The first kappa shape index (κ1) is 13.3. The van der Waals surface area contributed by atoms with Crippen LogP contribution in [-0.2, 0) is 4.79 Å². The van der Waals surface area contributed by atoms with E-state index >= 15 is 0 Å². The first-order valence-electron chi connectivity index (χ1n) is 6.44. The second-order valence-electron chi connectivity index (χ2n) is 5.47. The van der Waals surface area contributed by atoms with Gasteiger partial charge in [0.15, 0.2) is 0 Å². The van der Waals surface area contributed by atoms with Crippen molar-refractivity contribution in [2.75, 3.05) is 6.54 Å². The minimum atomic E-state index is 0.212. The van der Waals surface area contributed by atoms with Gasteiger partial charge >= 0.3 is 0 Å². The molecule has 0 heterocycles. The highest BCUT2D eigenvalue weighted by Crippen LogP contribution is 2.37. The van der Waals surface area contributed by atoms with E-state index in [1.807, 2.05) is 0 Å². The van der Waals surface area contributed by atoms with Gasteiger partial charge in [-0.15, -0.1) is 6.58 Å². The Morgan fingerprint density at radius 1 is 1.50 bits per heavy atom. The Labute approximate surface area is 99.5 Å². The van der Waals surface area contributed by atoms with E-state index in [1.54, 1.807) is 6.08 Å². The molecule has 0 saturated heterocycles. The smallest absolute Gasteiger partial charge is 0.223 e. The monoisotopic (exact) mass is 223 g/mol. The van der Waals surface area contributed by atoms with Crippen molar-refractivity contribution in [2.45, 2.75) is 40.0 Å². The molecule has 0 aromatic rings. The van der Waals surface area contributed by atoms with E-state index in [2.05, 4.69) is 32.7 Å². The van der Waals surface area contributed by atoms with Gasteiger partial charge in [0.25, 0.3) is 0 Å². The third-order valence-corrected chi connectivity index (χ3v) is 3.78. The third-order valence-electron chi connectivity index (χ3n) is 3.78. The van der Waals surface area contributed by atoms with E-state index in [1.165, 1.54) is 12.8 Å². The van der Waals surface area contributed by atoms with Crippen LogP contribution in [0.25, 0.3) is 0 Å². The van der Waals surface area contributed by atoms with Gasteiger partial charge in [0.05, 0.1) is 0 Å². The van der Waals surface area contributed by atoms with Crippen LogP contribution in [0.5, 0.6) is 0 Å². The lowest BCUT2D eigenvalue weighted by Crippen LogP contribution is -2.40. The number of amides is 1. The fourth-order valence-electron chi connectivity index (χ4n) is 2.81. The third kappa shape index (κ3) is 3.36. The van der Waals surface area contributed by atoms with Crippen molar-refractivity contribution >= 4 is 5.91 Å². The van der Waals surface area contributed by atoms with E-state index in [9.17, 15) is 4.79 Å². The van der Waals surface area contributed by atoms with E-state index in [4.69, 9.17) is 0 Å². The summed E-state index contributed by atoms with van der Waals surface area (Å²) >= 11 is 0. The van der Waals surface area contributed by atoms with Crippen LogP contribution in [0, 0.1) is 23.7 Å². The van der Waals surface area contributed by atoms with Crippen LogP contribution < -0.4 is 5.32 Å². The molecular weight excluding hydrogens is 198 g/mol. The van der Waals surface area contributed by atoms with Gasteiger partial charge in [-0.1, -0.05) is 33.3 Å². The fourth-order valence-corrected chi connectivity index (χ4v) is 2.81. The van der Waals surface area contributed by atoms with E-state index in [0.29, 0.717) is 24.3 Å². The Bertz CT molecular complexity index is 247. The molecule has 0 bridgehead atoms. The van der Waals surface area contributed by atoms with E-state index < -0.39 is 0 Å². The van der Waals surface area contributed by atoms with Gasteiger partial charge in [0.2, 0.25) is 5.91 Å². The van der Waals surface area contributed by atoms with Gasteiger partial charge in [0.1, 0.15) is 0 Å². The molecule has 1 amide bonds. The quantitative estimate of drug-likeness (QED) is 0.729. The molecule has 1 rings (SSSR count). The topological polar surface area (TPSA) is 29.1 Å². The van der Waals surface area contributed by atoms with Crippen molar-refractivity contribution in [3.05, 3.63) is 12.7 Å². The maximum atomic E-state index is 12.1. The molecule has 1 fully saturated rings. The van der Waals surface area contributed by atoms with Crippen molar-refractivity contribution in [3.8, 4) is 0 Å². The molecule has 0 aromatic heterocycles. The summed E-state index contributed by atoms with van der Waals surface area (Å²) in [6.07, 6.45) is 5.26. The molecule has 0 aliphatic heterocycles. The molecule has 1 aliphatic rings.